The molecular formula is C8H8F3NO3S. The molecule has 0 unspecified atom stereocenters. The summed E-state index contributed by atoms with van der Waals surface area (Å²) in [6, 6.07) is 2.12. The van der Waals surface area contributed by atoms with Gasteiger partial charge in [-0.3, -0.25) is 0 Å². The number of ether oxygens (including phenoxy) is 1. The van der Waals surface area contributed by atoms with Crippen molar-refractivity contribution in [2.45, 2.75) is 11.1 Å². The van der Waals surface area contributed by atoms with Crippen molar-refractivity contribution in [2.75, 3.05) is 7.11 Å². The summed E-state index contributed by atoms with van der Waals surface area (Å²) in [5, 5.41) is 4.77. The van der Waals surface area contributed by atoms with Crippen LogP contribution in [0.5, 0.6) is 5.75 Å². The van der Waals surface area contributed by atoms with Crippen LogP contribution in [0.4, 0.5) is 13.2 Å². The van der Waals surface area contributed by atoms with Crippen LogP contribution < -0.4 is 9.88 Å². The number of benzene rings is 1. The molecule has 0 aliphatic carbocycles. The van der Waals surface area contributed by atoms with Crippen molar-refractivity contribution < 1.29 is 26.3 Å². The van der Waals surface area contributed by atoms with Gasteiger partial charge in [0.25, 0.3) is 0 Å². The minimum Gasteiger partial charge on any atom is -0.496 e. The van der Waals surface area contributed by atoms with Gasteiger partial charge in [0, 0.05) is 6.07 Å². The fraction of sp³-hybridized carbons (Fsp3) is 0.250. The van der Waals surface area contributed by atoms with Crippen LogP contribution in [-0.4, -0.2) is 15.5 Å². The first-order chi connectivity index (χ1) is 7.16. The molecule has 0 heterocycles. The number of methoxy groups -OCH3 is 1. The summed E-state index contributed by atoms with van der Waals surface area (Å²) in [6.07, 6.45) is -4.61. The standard InChI is InChI=1S/C8H8F3NO3S/c1-15-7-4-5(16(12,13)14)2-3-6(7)8(9,10)11/h2-4H,1H3,(H2,12,13,14). The zero-order chi connectivity index (χ0) is 12.6. The van der Waals surface area contributed by atoms with Gasteiger partial charge >= 0.3 is 6.18 Å². The summed E-state index contributed by atoms with van der Waals surface area (Å²) in [6.45, 7) is 0. The molecule has 0 amide bonds. The Balaban J connectivity index is 3.40. The van der Waals surface area contributed by atoms with Gasteiger partial charge in [-0.05, 0) is 12.1 Å². The average molecular weight is 255 g/mol. The number of rotatable bonds is 2. The maximum Gasteiger partial charge on any atom is 0.419 e. The van der Waals surface area contributed by atoms with E-state index in [4.69, 9.17) is 5.14 Å². The van der Waals surface area contributed by atoms with Gasteiger partial charge < -0.3 is 4.74 Å². The molecule has 0 spiro atoms. The molecule has 0 saturated heterocycles. The van der Waals surface area contributed by atoms with E-state index in [1.165, 1.54) is 0 Å². The quantitative estimate of drug-likeness (QED) is 0.867. The topological polar surface area (TPSA) is 69.4 Å². The highest BCUT2D eigenvalue weighted by atomic mass is 32.2. The third-order valence-electron chi connectivity index (χ3n) is 1.81. The minimum absolute atomic E-state index is 0.433. The number of halogens is 3. The summed E-state index contributed by atoms with van der Waals surface area (Å²) in [5.41, 5.74) is -1.05. The molecule has 0 aromatic heterocycles. The van der Waals surface area contributed by atoms with Gasteiger partial charge in [-0.1, -0.05) is 0 Å². The van der Waals surface area contributed by atoms with Crippen LogP contribution in [0, 0.1) is 0 Å². The zero-order valence-electron chi connectivity index (χ0n) is 8.08. The monoisotopic (exact) mass is 255 g/mol. The van der Waals surface area contributed by atoms with E-state index >= 15 is 0 Å². The van der Waals surface area contributed by atoms with Crippen molar-refractivity contribution in [1.82, 2.24) is 0 Å². The Morgan fingerprint density at radius 3 is 2.25 bits per heavy atom. The summed E-state index contributed by atoms with van der Waals surface area (Å²) >= 11 is 0. The summed E-state index contributed by atoms with van der Waals surface area (Å²) in [4.78, 5) is -0.433. The molecule has 0 fully saturated rings. The molecule has 8 heteroatoms. The van der Waals surface area contributed by atoms with Crippen LogP contribution in [0.3, 0.4) is 0 Å². The van der Waals surface area contributed by atoms with E-state index in [1.807, 2.05) is 0 Å². The maximum atomic E-state index is 12.4. The van der Waals surface area contributed by atoms with Crippen molar-refractivity contribution in [3.63, 3.8) is 0 Å². The van der Waals surface area contributed by atoms with Crippen molar-refractivity contribution in [2.24, 2.45) is 5.14 Å². The molecule has 0 bridgehead atoms. The van der Waals surface area contributed by atoms with Gasteiger partial charge in [-0.15, -0.1) is 0 Å². The van der Waals surface area contributed by atoms with Gasteiger partial charge in [-0.25, -0.2) is 13.6 Å². The Kier molecular flexibility index (Phi) is 3.15. The van der Waals surface area contributed by atoms with Crippen molar-refractivity contribution in [3.05, 3.63) is 23.8 Å². The third kappa shape index (κ3) is 2.64. The van der Waals surface area contributed by atoms with E-state index in [2.05, 4.69) is 4.74 Å². The van der Waals surface area contributed by atoms with Gasteiger partial charge in [0.05, 0.1) is 17.6 Å². The van der Waals surface area contributed by atoms with Crippen molar-refractivity contribution in [1.29, 1.82) is 0 Å². The van der Waals surface area contributed by atoms with E-state index in [1.54, 1.807) is 0 Å². The highest BCUT2D eigenvalue weighted by molar-refractivity contribution is 7.89. The third-order valence-corrected chi connectivity index (χ3v) is 2.72. The van der Waals surface area contributed by atoms with E-state index < -0.39 is 32.4 Å². The smallest absolute Gasteiger partial charge is 0.419 e. The lowest BCUT2D eigenvalue weighted by atomic mass is 10.2. The molecule has 90 valence electrons. The fourth-order valence-electron chi connectivity index (χ4n) is 1.08. The van der Waals surface area contributed by atoms with E-state index in [9.17, 15) is 21.6 Å². The van der Waals surface area contributed by atoms with Crippen LogP contribution in [0.15, 0.2) is 23.1 Å². The van der Waals surface area contributed by atoms with Gasteiger partial charge in [0.15, 0.2) is 0 Å². The molecule has 1 rings (SSSR count). The van der Waals surface area contributed by atoms with Crippen molar-refractivity contribution in [3.8, 4) is 5.75 Å². The first kappa shape index (κ1) is 12.8. The minimum atomic E-state index is -4.61. The molecule has 16 heavy (non-hydrogen) atoms. The fourth-order valence-corrected chi connectivity index (χ4v) is 1.61. The normalized spacial score (nSPS) is 12.6. The number of primary sulfonamides is 1. The molecule has 0 aliphatic rings. The molecule has 4 nitrogen and oxygen atoms in total. The van der Waals surface area contributed by atoms with E-state index in [-0.39, 0.29) is 0 Å². The summed E-state index contributed by atoms with van der Waals surface area (Å²) in [5.74, 6) is -0.584. The van der Waals surface area contributed by atoms with Gasteiger partial charge in [-0.2, -0.15) is 13.2 Å². The zero-order valence-corrected chi connectivity index (χ0v) is 8.89. The number of nitrogens with two attached hydrogens (primary N) is 1. The second-order valence-electron chi connectivity index (χ2n) is 2.90. The van der Waals surface area contributed by atoms with Crippen LogP contribution in [0.2, 0.25) is 0 Å². The predicted octanol–water partition coefficient (Wildman–Crippen LogP) is 1.36. The Labute approximate surface area is 89.9 Å². The SMILES string of the molecule is COc1cc(S(N)(=O)=O)ccc1C(F)(F)F. The number of hydrogen-bond donors (Lipinski definition) is 1. The highest BCUT2D eigenvalue weighted by Gasteiger charge is 2.34. The lowest BCUT2D eigenvalue weighted by Crippen LogP contribution is -2.14. The lowest BCUT2D eigenvalue weighted by molar-refractivity contribution is -0.138. The molecule has 2 N–H and O–H groups in total. The van der Waals surface area contributed by atoms with E-state index in [0.717, 1.165) is 19.2 Å². The maximum absolute atomic E-state index is 12.4. The summed E-state index contributed by atoms with van der Waals surface area (Å²) in [7, 11) is -3.03. The van der Waals surface area contributed by atoms with Crippen LogP contribution >= 0.6 is 0 Å². The van der Waals surface area contributed by atoms with Crippen molar-refractivity contribution >= 4 is 10.0 Å². The second-order valence-corrected chi connectivity index (χ2v) is 4.47. The Morgan fingerprint density at radius 2 is 1.88 bits per heavy atom. The lowest BCUT2D eigenvalue weighted by Gasteiger charge is -2.12. The molecule has 0 saturated carbocycles. The first-order valence-electron chi connectivity index (χ1n) is 3.94. The average Bonchev–Trinajstić information content (AvgIpc) is 2.14. The van der Waals surface area contributed by atoms with Crippen LogP contribution in [0.1, 0.15) is 5.56 Å². The first-order valence-corrected chi connectivity index (χ1v) is 5.49. The van der Waals surface area contributed by atoms with Gasteiger partial charge in [0.1, 0.15) is 5.75 Å². The highest BCUT2D eigenvalue weighted by Crippen LogP contribution is 2.36. The Hall–Kier alpha value is -1.28. The Morgan fingerprint density at radius 1 is 1.31 bits per heavy atom. The molecule has 0 radical (unpaired) electrons. The van der Waals surface area contributed by atoms with Crippen LogP contribution in [0.25, 0.3) is 0 Å². The number of alkyl halides is 3. The summed E-state index contributed by atoms with van der Waals surface area (Å²) < 4.78 is 63.5. The molecule has 0 aliphatic heterocycles. The molecular weight excluding hydrogens is 247 g/mol. The molecule has 0 atom stereocenters. The van der Waals surface area contributed by atoms with Crippen LogP contribution in [-0.2, 0) is 16.2 Å². The Bertz CT molecular complexity index is 496. The largest absolute Gasteiger partial charge is 0.496 e. The molecule has 1 aromatic rings. The number of hydrogen-bond acceptors (Lipinski definition) is 3. The second kappa shape index (κ2) is 3.95. The predicted molar refractivity (Wildman–Crippen MR) is 49.4 cm³/mol. The van der Waals surface area contributed by atoms with Gasteiger partial charge in [0.2, 0.25) is 10.0 Å². The van der Waals surface area contributed by atoms with E-state index in [0.29, 0.717) is 6.07 Å². The molecule has 1 aromatic carbocycles. The number of sulfonamides is 1.